The molecular formula is C31H22Cl3F3N2O5S. The van der Waals surface area contributed by atoms with E-state index in [1.165, 1.54) is 44.4 Å². The van der Waals surface area contributed by atoms with E-state index in [0.717, 1.165) is 15.9 Å². The lowest BCUT2D eigenvalue weighted by Gasteiger charge is -2.26. The van der Waals surface area contributed by atoms with Crippen LogP contribution in [0.5, 0.6) is 11.5 Å². The lowest BCUT2D eigenvalue weighted by molar-refractivity contribution is -0.140. The summed E-state index contributed by atoms with van der Waals surface area (Å²) in [6.45, 7) is 1.30. The summed E-state index contributed by atoms with van der Waals surface area (Å²) >= 11 is 19.1. The zero-order chi connectivity index (χ0) is 32.5. The smallest absolute Gasteiger partial charge is 0.434 e. The van der Waals surface area contributed by atoms with Crippen LogP contribution in [-0.2, 0) is 16.1 Å². The van der Waals surface area contributed by atoms with Crippen LogP contribution in [-0.4, -0.2) is 30.4 Å². The molecule has 0 fully saturated rings. The van der Waals surface area contributed by atoms with Crippen molar-refractivity contribution < 1.29 is 32.2 Å². The summed E-state index contributed by atoms with van der Waals surface area (Å²) in [5.74, 6) is -0.647. The van der Waals surface area contributed by atoms with Gasteiger partial charge in [-0.05, 0) is 48.9 Å². The van der Waals surface area contributed by atoms with Crippen molar-refractivity contribution in [2.24, 2.45) is 4.99 Å². The molecule has 0 bridgehead atoms. The molecule has 234 valence electrons. The molecule has 1 aromatic heterocycles. The molecule has 0 unspecified atom stereocenters. The molecule has 1 aliphatic heterocycles. The van der Waals surface area contributed by atoms with Crippen molar-refractivity contribution in [2.75, 3.05) is 13.7 Å². The number of halogens is 6. The van der Waals surface area contributed by atoms with Gasteiger partial charge in [0.2, 0.25) is 0 Å². The molecule has 3 aromatic carbocycles. The number of carbonyl (C=O) groups excluding carboxylic acids is 1. The summed E-state index contributed by atoms with van der Waals surface area (Å²) in [7, 11) is 1.44. The van der Waals surface area contributed by atoms with Crippen molar-refractivity contribution >= 4 is 58.2 Å². The standard InChI is InChI=1S/C31H22Cl3F3N2O5S/c1-3-43-29(41)24-25(16-7-10-19(32)11-8-16)39-28(40)23(45-30(39)38-27(24)31(35,36)37)13-17-5-4-6-22(42-2)26(17)44-15-18-9-12-20(33)14-21(18)34/h4-14,25H,3,15H2,1-2H3/b23-13-/t25-/m0/s1. The van der Waals surface area contributed by atoms with E-state index in [9.17, 15) is 22.8 Å². The Bertz CT molecular complexity index is 1990. The highest BCUT2D eigenvalue weighted by atomic mass is 35.5. The van der Waals surface area contributed by atoms with Gasteiger partial charge in [0.05, 0.1) is 29.9 Å². The third kappa shape index (κ3) is 6.76. The Balaban J connectivity index is 1.70. The molecule has 0 N–H and O–H groups in total. The van der Waals surface area contributed by atoms with Crippen molar-refractivity contribution in [3.63, 3.8) is 0 Å². The molecule has 0 saturated carbocycles. The van der Waals surface area contributed by atoms with Gasteiger partial charge in [-0.25, -0.2) is 9.79 Å². The maximum absolute atomic E-state index is 14.4. The minimum atomic E-state index is -5.03. The first-order valence-corrected chi connectivity index (χ1v) is 15.2. The normalized spacial score (nSPS) is 15.0. The Morgan fingerprint density at radius 3 is 2.42 bits per heavy atom. The third-order valence-corrected chi connectivity index (χ3v) is 8.51. The summed E-state index contributed by atoms with van der Waals surface area (Å²) in [4.78, 5) is 30.5. The minimum absolute atomic E-state index is 0.0207. The number of alkyl halides is 3. The summed E-state index contributed by atoms with van der Waals surface area (Å²) in [6.07, 6.45) is -3.57. The maximum Gasteiger partial charge on any atom is 0.434 e. The molecule has 7 nitrogen and oxygen atoms in total. The average Bonchev–Trinajstić information content (AvgIpc) is 3.30. The van der Waals surface area contributed by atoms with Crippen LogP contribution in [0.1, 0.15) is 29.7 Å². The topological polar surface area (TPSA) is 79.1 Å². The van der Waals surface area contributed by atoms with E-state index in [2.05, 4.69) is 4.99 Å². The molecule has 4 aromatic rings. The van der Waals surface area contributed by atoms with Crippen molar-refractivity contribution in [1.29, 1.82) is 0 Å². The van der Waals surface area contributed by atoms with Gasteiger partial charge in [0.15, 0.2) is 22.0 Å². The quantitative estimate of drug-likeness (QED) is 0.188. The van der Waals surface area contributed by atoms with Gasteiger partial charge in [0, 0.05) is 26.2 Å². The first-order valence-electron chi connectivity index (χ1n) is 13.2. The first kappa shape index (κ1) is 32.6. The van der Waals surface area contributed by atoms with Crippen LogP contribution in [0.15, 0.2) is 81.7 Å². The number of hydrogen-bond donors (Lipinski definition) is 0. The molecule has 1 aliphatic rings. The van der Waals surface area contributed by atoms with E-state index in [4.69, 9.17) is 49.0 Å². The van der Waals surface area contributed by atoms with Crippen LogP contribution in [0.2, 0.25) is 15.1 Å². The second kappa shape index (κ2) is 13.3. The number of nitrogens with zero attached hydrogens (tertiary/aromatic N) is 2. The summed E-state index contributed by atoms with van der Waals surface area (Å²) in [6, 6.07) is 14.2. The minimum Gasteiger partial charge on any atom is -0.493 e. The molecule has 0 saturated heterocycles. The van der Waals surface area contributed by atoms with Gasteiger partial charge in [-0.15, -0.1) is 0 Å². The van der Waals surface area contributed by atoms with Crippen LogP contribution in [0.25, 0.3) is 6.08 Å². The summed E-state index contributed by atoms with van der Waals surface area (Å²) in [5.41, 5.74) is -1.71. The van der Waals surface area contributed by atoms with Crippen molar-refractivity contribution in [3.05, 3.63) is 123 Å². The highest BCUT2D eigenvalue weighted by Crippen LogP contribution is 2.39. The molecular weight excluding hydrogens is 676 g/mol. The lowest BCUT2D eigenvalue weighted by atomic mass is 9.95. The van der Waals surface area contributed by atoms with Gasteiger partial charge < -0.3 is 14.2 Å². The van der Waals surface area contributed by atoms with Gasteiger partial charge in [-0.3, -0.25) is 9.36 Å². The predicted molar refractivity (Wildman–Crippen MR) is 166 cm³/mol. The second-order valence-electron chi connectivity index (χ2n) is 9.52. The summed E-state index contributed by atoms with van der Waals surface area (Å²) < 4.78 is 60.8. The van der Waals surface area contributed by atoms with Crippen molar-refractivity contribution in [2.45, 2.75) is 25.7 Å². The number of methoxy groups -OCH3 is 1. The molecule has 2 heterocycles. The number of benzene rings is 3. The number of thiazole rings is 1. The van der Waals surface area contributed by atoms with Gasteiger partial charge in [-0.2, -0.15) is 13.2 Å². The van der Waals surface area contributed by atoms with E-state index < -0.39 is 35.0 Å². The van der Waals surface area contributed by atoms with Crippen LogP contribution in [0.4, 0.5) is 13.2 Å². The van der Waals surface area contributed by atoms with Gasteiger partial charge in [-0.1, -0.05) is 76.5 Å². The number of allylic oxidation sites excluding steroid dienone is 1. The molecule has 14 heteroatoms. The third-order valence-electron chi connectivity index (χ3n) is 6.68. The molecule has 0 amide bonds. The van der Waals surface area contributed by atoms with E-state index in [-0.39, 0.29) is 33.9 Å². The number of para-hydroxylation sites is 1. The van der Waals surface area contributed by atoms with E-state index in [1.54, 1.807) is 36.4 Å². The highest BCUT2D eigenvalue weighted by molar-refractivity contribution is 7.07. The van der Waals surface area contributed by atoms with Gasteiger partial charge >= 0.3 is 12.1 Å². The molecule has 45 heavy (non-hydrogen) atoms. The Kier molecular flexibility index (Phi) is 9.64. The number of carbonyl (C=O) groups is 1. The van der Waals surface area contributed by atoms with Crippen LogP contribution < -0.4 is 24.4 Å². The predicted octanol–water partition coefficient (Wildman–Crippen LogP) is 6.89. The fraction of sp³-hybridized carbons (Fsp3) is 0.194. The van der Waals surface area contributed by atoms with Gasteiger partial charge in [0.1, 0.15) is 6.61 Å². The Morgan fingerprint density at radius 2 is 1.78 bits per heavy atom. The fourth-order valence-corrected chi connectivity index (χ4v) is 6.27. The highest BCUT2D eigenvalue weighted by Gasteiger charge is 2.45. The molecule has 0 aliphatic carbocycles. The van der Waals surface area contributed by atoms with Crippen LogP contribution in [0.3, 0.4) is 0 Å². The average molecular weight is 698 g/mol. The second-order valence-corrected chi connectivity index (χ2v) is 11.8. The fourth-order valence-electron chi connectivity index (χ4n) is 4.69. The van der Waals surface area contributed by atoms with E-state index in [1.807, 2.05) is 0 Å². The van der Waals surface area contributed by atoms with Gasteiger partial charge in [0.25, 0.3) is 5.56 Å². The monoisotopic (exact) mass is 696 g/mol. The number of hydrogen-bond acceptors (Lipinski definition) is 7. The van der Waals surface area contributed by atoms with Crippen molar-refractivity contribution in [3.8, 4) is 11.5 Å². The molecule has 1 atom stereocenters. The largest absolute Gasteiger partial charge is 0.493 e. The van der Waals surface area contributed by atoms with Crippen LogP contribution >= 0.6 is 46.1 Å². The molecule has 0 radical (unpaired) electrons. The lowest BCUT2D eigenvalue weighted by Crippen LogP contribution is -2.41. The number of aromatic nitrogens is 1. The number of ether oxygens (including phenoxy) is 3. The van der Waals surface area contributed by atoms with Crippen molar-refractivity contribution in [1.82, 2.24) is 4.57 Å². The summed E-state index contributed by atoms with van der Waals surface area (Å²) in [5, 5.41) is 1.15. The Labute approximate surface area is 273 Å². The zero-order valence-corrected chi connectivity index (χ0v) is 26.5. The van der Waals surface area contributed by atoms with E-state index in [0.29, 0.717) is 31.9 Å². The van der Waals surface area contributed by atoms with E-state index >= 15 is 0 Å². The Morgan fingerprint density at radius 1 is 1.07 bits per heavy atom. The molecule has 5 rings (SSSR count). The first-order chi connectivity index (χ1) is 21.4. The number of esters is 1. The molecule has 0 spiro atoms. The number of rotatable bonds is 8. The Hall–Kier alpha value is -3.77. The van der Waals surface area contributed by atoms with Crippen LogP contribution in [0, 0.1) is 0 Å². The SMILES string of the molecule is CCOC(=O)C1=C(C(F)(F)F)N=c2s/c(=C\c3cccc(OC)c3OCc3ccc(Cl)cc3Cl)c(=O)n2[C@H]1c1ccc(Cl)cc1. The number of fused-ring (bicyclic) bond motifs is 1. The maximum atomic E-state index is 14.4. The zero-order valence-electron chi connectivity index (χ0n) is 23.5.